The predicted octanol–water partition coefficient (Wildman–Crippen LogP) is -0.968. The van der Waals surface area contributed by atoms with Gasteiger partial charge in [0.05, 0.1) is 13.2 Å². The van der Waals surface area contributed by atoms with Crippen molar-refractivity contribution < 1.29 is 18.1 Å². The molecular weight excluding hydrogens is 226 g/mol. The van der Waals surface area contributed by atoms with Gasteiger partial charge >= 0.3 is 0 Å². The number of quaternary nitrogens is 1. The molecule has 4 nitrogen and oxygen atoms in total. The molecule has 0 spiro atoms. The van der Waals surface area contributed by atoms with Gasteiger partial charge in [0.25, 0.3) is 0 Å². The van der Waals surface area contributed by atoms with Crippen LogP contribution in [0.25, 0.3) is 0 Å². The van der Waals surface area contributed by atoms with Crippen LogP contribution in [0.1, 0.15) is 13.8 Å². The van der Waals surface area contributed by atoms with Crippen molar-refractivity contribution in [3.05, 3.63) is 12.7 Å². The maximum absolute atomic E-state index is 12.0. The Balaban J connectivity index is 2.24. The number of ether oxygens (including phenoxy) is 1. The predicted molar refractivity (Wildman–Crippen MR) is 62.3 cm³/mol. The van der Waals surface area contributed by atoms with Gasteiger partial charge in [0.2, 0.25) is 0 Å². The SMILES string of the molecule is C=C[C@@H]1[C@H]([NH+]2CCOCC2)C(C)(C)S1(=O)=O. The number of hydrogen-bond acceptors (Lipinski definition) is 3. The minimum absolute atomic E-state index is 0.138. The van der Waals surface area contributed by atoms with Gasteiger partial charge in [-0.15, -0.1) is 6.58 Å². The molecule has 2 saturated heterocycles. The standard InChI is InChI=1S/C11H19NO3S/c1-4-9-10(11(2,3)16(9,13)14)12-5-7-15-8-6-12/h4,9-10H,1,5-8H2,2-3H3/p+1/t9-,10+/m1/s1. The van der Waals surface area contributed by atoms with Crippen LogP contribution in [0.4, 0.5) is 0 Å². The smallest absolute Gasteiger partial charge is 0.173 e. The fourth-order valence-electron chi connectivity index (χ4n) is 2.96. The third-order valence-electron chi connectivity index (χ3n) is 3.98. The molecule has 5 heteroatoms. The normalized spacial score (nSPS) is 37.6. The van der Waals surface area contributed by atoms with Gasteiger partial charge < -0.3 is 9.64 Å². The molecule has 0 unspecified atom stereocenters. The van der Waals surface area contributed by atoms with Crippen molar-refractivity contribution in [1.29, 1.82) is 0 Å². The lowest BCUT2D eigenvalue weighted by Crippen LogP contribution is -3.23. The molecule has 2 aliphatic rings. The topological polar surface area (TPSA) is 47.8 Å². The molecule has 0 aromatic carbocycles. The van der Waals surface area contributed by atoms with E-state index in [4.69, 9.17) is 4.74 Å². The van der Waals surface area contributed by atoms with Crippen molar-refractivity contribution >= 4 is 9.84 Å². The molecule has 2 rings (SSSR count). The van der Waals surface area contributed by atoms with Crippen molar-refractivity contribution in [3.8, 4) is 0 Å². The highest BCUT2D eigenvalue weighted by molar-refractivity contribution is 7.95. The fraction of sp³-hybridized carbons (Fsp3) is 0.818. The average Bonchev–Trinajstić information content (AvgIpc) is 2.25. The number of morpholine rings is 1. The Morgan fingerprint density at radius 1 is 1.38 bits per heavy atom. The summed E-state index contributed by atoms with van der Waals surface area (Å²) < 4.78 is 28.8. The number of hydrogen-bond donors (Lipinski definition) is 1. The van der Waals surface area contributed by atoms with E-state index in [0.29, 0.717) is 0 Å². The van der Waals surface area contributed by atoms with Crippen LogP contribution in [-0.2, 0) is 14.6 Å². The first-order valence-electron chi connectivity index (χ1n) is 5.71. The molecule has 0 aromatic rings. The van der Waals surface area contributed by atoms with E-state index in [1.54, 1.807) is 6.08 Å². The Morgan fingerprint density at radius 3 is 2.44 bits per heavy atom. The molecule has 0 bridgehead atoms. The summed E-state index contributed by atoms with van der Waals surface area (Å²) in [6, 6.07) is 0.138. The Labute approximate surface area is 97.2 Å². The Morgan fingerprint density at radius 2 is 1.94 bits per heavy atom. The van der Waals surface area contributed by atoms with Crippen LogP contribution in [0.15, 0.2) is 12.7 Å². The summed E-state index contributed by atoms with van der Waals surface area (Å²) in [6.07, 6.45) is 1.59. The molecule has 2 aliphatic heterocycles. The third kappa shape index (κ3) is 1.45. The second-order valence-corrected chi connectivity index (χ2v) is 7.78. The summed E-state index contributed by atoms with van der Waals surface area (Å²) >= 11 is 0. The Kier molecular flexibility index (Phi) is 2.88. The molecular formula is C11H20NO3S+. The van der Waals surface area contributed by atoms with Crippen LogP contribution in [0, 0.1) is 0 Å². The maximum Gasteiger partial charge on any atom is 0.173 e. The molecule has 0 radical (unpaired) electrons. The van der Waals surface area contributed by atoms with Crippen LogP contribution in [-0.4, -0.2) is 50.8 Å². The van der Waals surface area contributed by atoms with Crippen molar-refractivity contribution in [3.63, 3.8) is 0 Å². The van der Waals surface area contributed by atoms with Crippen LogP contribution >= 0.6 is 0 Å². The van der Waals surface area contributed by atoms with Gasteiger partial charge in [0.15, 0.2) is 9.84 Å². The monoisotopic (exact) mass is 246 g/mol. The van der Waals surface area contributed by atoms with Crippen molar-refractivity contribution in [2.45, 2.75) is 29.9 Å². The summed E-state index contributed by atoms with van der Waals surface area (Å²) in [6.45, 7) is 10.6. The molecule has 92 valence electrons. The second kappa shape index (κ2) is 3.82. The van der Waals surface area contributed by atoms with E-state index in [1.165, 1.54) is 4.90 Å². The Hall–Kier alpha value is -0.390. The van der Waals surface area contributed by atoms with Crippen molar-refractivity contribution in [1.82, 2.24) is 0 Å². The van der Waals surface area contributed by atoms with E-state index < -0.39 is 14.6 Å². The molecule has 2 fully saturated rings. The van der Waals surface area contributed by atoms with E-state index in [0.717, 1.165) is 26.3 Å². The minimum Gasteiger partial charge on any atom is -0.370 e. The van der Waals surface area contributed by atoms with Crippen LogP contribution < -0.4 is 4.90 Å². The second-order valence-electron chi connectivity index (χ2n) is 5.10. The van der Waals surface area contributed by atoms with Crippen LogP contribution in [0.3, 0.4) is 0 Å². The first kappa shape index (κ1) is 12.1. The third-order valence-corrected chi connectivity index (χ3v) is 6.88. The van der Waals surface area contributed by atoms with Gasteiger partial charge in [0.1, 0.15) is 29.1 Å². The molecule has 1 N–H and O–H groups in total. The van der Waals surface area contributed by atoms with E-state index in [-0.39, 0.29) is 11.3 Å². The number of rotatable bonds is 2. The van der Waals surface area contributed by atoms with Crippen LogP contribution in [0.5, 0.6) is 0 Å². The molecule has 16 heavy (non-hydrogen) atoms. The number of nitrogens with one attached hydrogen (secondary N) is 1. The highest BCUT2D eigenvalue weighted by Gasteiger charge is 2.65. The van der Waals surface area contributed by atoms with E-state index in [1.807, 2.05) is 13.8 Å². The van der Waals surface area contributed by atoms with E-state index >= 15 is 0 Å². The molecule has 0 amide bonds. The fourth-order valence-corrected chi connectivity index (χ4v) is 5.25. The van der Waals surface area contributed by atoms with Gasteiger partial charge in [-0.2, -0.15) is 0 Å². The first-order valence-corrected chi connectivity index (χ1v) is 7.26. The van der Waals surface area contributed by atoms with Crippen molar-refractivity contribution in [2.24, 2.45) is 0 Å². The first-order chi connectivity index (χ1) is 7.43. The molecule has 2 atom stereocenters. The van der Waals surface area contributed by atoms with Gasteiger partial charge in [-0.1, -0.05) is 6.08 Å². The summed E-state index contributed by atoms with van der Waals surface area (Å²) in [5.41, 5.74) is 0. The Bertz CT molecular complexity index is 382. The average molecular weight is 246 g/mol. The lowest BCUT2D eigenvalue weighted by atomic mass is 9.95. The quantitative estimate of drug-likeness (QED) is 0.638. The van der Waals surface area contributed by atoms with Gasteiger partial charge in [-0.25, -0.2) is 8.42 Å². The van der Waals surface area contributed by atoms with E-state index in [9.17, 15) is 8.42 Å². The van der Waals surface area contributed by atoms with Gasteiger partial charge in [0, 0.05) is 0 Å². The summed E-state index contributed by atoms with van der Waals surface area (Å²) in [5, 5.41) is -0.379. The van der Waals surface area contributed by atoms with Gasteiger partial charge in [-0.3, -0.25) is 0 Å². The van der Waals surface area contributed by atoms with E-state index in [2.05, 4.69) is 6.58 Å². The summed E-state index contributed by atoms with van der Waals surface area (Å²) in [5.74, 6) is 0. The highest BCUT2D eigenvalue weighted by atomic mass is 32.2. The largest absolute Gasteiger partial charge is 0.370 e. The molecule has 2 heterocycles. The van der Waals surface area contributed by atoms with Gasteiger partial charge in [-0.05, 0) is 13.8 Å². The van der Waals surface area contributed by atoms with Crippen LogP contribution in [0.2, 0.25) is 0 Å². The van der Waals surface area contributed by atoms with Crippen molar-refractivity contribution in [2.75, 3.05) is 26.3 Å². The highest BCUT2D eigenvalue weighted by Crippen LogP contribution is 2.39. The number of sulfone groups is 1. The minimum atomic E-state index is -3.03. The maximum atomic E-state index is 12.0. The molecule has 0 aliphatic carbocycles. The molecule has 0 saturated carbocycles. The summed E-state index contributed by atoms with van der Waals surface area (Å²) in [7, 11) is -3.03. The lowest BCUT2D eigenvalue weighted by Gasteiger charge is -2.51. The lowest BCUT2D eigenvalue weighted by molar-refractivity contribution is -0.935. The zero-order valence-electron chi connectivity index (χ0n) is 9.90. The molecule has 0 aromatic heterocycles. The zero-order chi connectivity index (χ0) is 12.0. The summed E-state index contributed by atoms with van der Waals surface area (Å²) in [4.78, 5) is 1.34. The zero-order valence-corrected chi connectivity index (χ0v) is 10.7.